The summed E-state index contributed by atoms with van der Waals surface area (Å²) < 4.78 is 1.59. The van der Waals surface area contributed by atoms with Crippen LogP contribution in [-0.2, 0) is 11.8 Å². The first kappa shape index (κ1) is 7.42. The fraction of sp³-hybridized carbons (Fsp3) is 0.333. The standard InChI is InChI=1S/C6H7ClN4O/c1-11-6-4(5(7)10-11)9-3(12)2-8-6/h8H,2H2,1H3,(H,9,12). The number of aromatic nitrogens is 2. The molecule has 5 nitrogen and oxygen atoms in total. The molecule has 1 amide bonds. The molecule has 2 heterocycles. The van der Waals surface area contributed by atoms with Crippen LogP contribution >= 0.6 is 11.6 Å². The van der Waals surface area contributed by atoms with Crippen LogP contribution < -0.4 is 10.6 Å². The van der Waals surface area contributed by atoms with Crippen LogP contribution in [0, 0.1) is 0 Å². The quantitative estimate of drug-likeness (QED) is 0.618. The van der Waals surface area contributed by atoms with E-state index in [4.69, 9.17) is 11.6 Å². The summed E-state index contributed by atoms with van der Waals surface area (Å²) in [5.74, 6) is 0.650. The Hall–Kier alpha value is -1.23. The van der Waals surface area contributed by atoms with Gasteiger partial charge in [0.2, 0.25) is 5.91 Å². The first-order chi connectivity index (χ1) is 5.68. The maximum Gasteiger partial charge on any atom is 0.243 e. The molecule has 1 aromatic heterocycles. The molecule has 6 heteroatoms. The number of halogens is 1. The van der Waals surface area contributed by atoms with Crippen LogP contribution in [0.4, 0.5) is 11.5 Å². The highest BCUT2D eigenvalue weighted by Gasteiger charge is 2.21. The molecule has 0 aliphatic carbocycles. The Balaban J connectivity index is 2.51. The van der Waals surface area contributed by atoms with Crippen molar-refractivity contribution in [1.82, 2.24) is 9.78 Å². The second-order valence-electron chi connectivity index (χ2n) is 2.54. The number of amides is 1. The number of aryl methyl sites for hydroxylation is 1. The Bertz CT molecular complexity index is 346. The lowest BCUT2D eigenvalue weighted by molar-refractivity contribution is -0.114. The molecule has 0 aromatic carbocycles. The largest absolute Gasteiger partial charge is 0.359 e. The van der Waals surface area contributed by atoms with Crippen molar-refractivity contribution in [3.63, 3.8) is 0 Å². The molecule has 2 N–H and O–H groups in total. The van der Waals surface area contributed by atoms with Gasteiger partial charge in [-0.05, 0) is 0 Å². The summed E-state index contributed by atoms with van der Waals surface area (Å²) >= 11 is 5.74. The van der Waals surface area contributed by atoms with E-state index >= 15 is 0 Å². The number of nitrogens with zero attached hydrogens (tertiary/aromatic N) is 2. The third-order valence-corrected chi connectivity index (χ3v) is 1.95. The minimum Gasteiger partial charge on any atom is -0.359 e. The van der Waals surface area contributed by atoms with Crippen LogP contribution in [0.2, 0.25) is 5.15 Å². The molecule has 0 unspecified atom stereocenters. The number of carbonyl (C=O) groups excluding carboxylic acids is 1. The van der Waals surface area contributed by atoms with E-state index in [1.165, 1.54) is 0 Å². The Morgan fingerprint density at radius 1 is 1.67 bits per heavy atom. The molecule has 0 spiro atoms. The van der Waals surface area contributed by atoms with Crippen molar-refractivity contribution in [1.29, 1.82) is 0 Å². The van der Waals surface area contributed by atoms with Crippen LogP contribution in [0.1, 0.15) is 0 Å². The predicted molar refractivity (Wildman–Crippen MR) is 45.3 cm³/mol. The molecule has 0 saturated heterocycles. The van der Waals surface area contributed by atoms with Crippen molar-refractivity contribution in [3.05, 3.63) is 5.15 Å². The number of hydrogen-bond donors (Lipinski definition) is 2. The SMILES string of the molecule is Cn1nc(Cl)c2c1NCC(=O)N2. The first-order valence-electron chi connectivity index (χ1n) is 3.44. The van der Waals surface area contributed by atoms with Gasteiger partial charge in [0.1, 0.15) is 11.5 Å². The number of nitrogens with one attached hydrogen (secondary N) is 2. The van der Waals surface area contributed by atoms with Crippen molar-refractivity contribution >= 4 is 29.0 Å². The lowest BCUT2D eigenvalue weighted by atomic mass is 10.4. The van der Waals surface area contributed by atoms with E-state index in [1.807, 2.05) is 0 Å². The molecule has 0 saturated carbocycles. The fourth-order valence-electron chi connectivity index (χ4n) is 1.15. The summed E-state index contributed by atoms with van der Waals surface area (Å²) in [7, 11) is 1.76. The molecule has 0 radical (unpaired) electrons. The maximum absolute atomic E-state index is 10.9. The molecule has 0 atom stereocenters. The number of anilines is 2. The van der Waals surface area contributed by atoms with E-state index in [0.29, 0.717) is 10.8 Å². The molecule has 1 aliphatic heterocycles. The van der Waals surface area contributed by atoms with E-state index in [0.717, 1.165) is 5.82 Å². The van der Waals surface area contributed by atoms with E-state index < -0.39 is 0 Å². The minimum absolute atomic E-state index is 0.0996. The van der Waals surface area contributed by atoms with E-state index in [2.05, 4.69) is 15.7 Å². The highest BCUT2D eigenvalue weighted by Crippen LogP contribution is 2.30. The topological polar surface area (TPSA) is 59.0 Å². The fourth-order valence-corrected chi connectivity index (χ4v) is 1.40. The summed E-state index contributed by atoms with van der Waals surface area (Å²) in [5.41, 5.74) is 0.565. The molecule has 0 bridgehead atoms. The van der Waals surface area contributed by atoms with Gasteiger partial charge in [0.15, 0.2) is 5.15 Å². The molecule has 1 aromatic rings. The van der Waals surface area contributed by atoms with Crippen molar-refractivity contribution in [2.45, 2.75) is 0 Å². The van der Waals surface area contributed by atoms with Crippen LogP contribution in [0.15, 0.2) is 0 Å². The summed E-state index contributed by atoms with van der Waals surface area (Å²) in [5, 5.41) is 9.78. The zero-order valence-electron chi connectivity index (χ0n) is 6.39. The van der Waals surface area contributed by atoms with Gasteiger partial charge in [-0.25, -0.2) is 4.68 Å². The van der Waals surface area contributed by atoms with Gasteiger partial charge in [0.05, 0.1) is 6.54 Å². The summed E-state index contributed by atoms with van der Waals surface area (Å²) in [6.45, 7) is 0.267. The Labute approximate surface area is 73.7 Å². The Morgan fingerprint density at radius 2 is 2.42 bits per heavy atom. The number of rotatable bonds is 0. The van der Waals surface area contributed by atoms with Gasteiger partial charge in [-0.1, -0.05) is 11.6 Å². The number of carbonyl (C=O) groups is 1. The molecular formula is C6H7ClN4O. The molecule has 64 valence electrons. The normalized spacial score (nSPS) is 15.0. The van der Waals surface area contributed by atoms with Crippen LogP contribution in [-0.4, -0.2) is 22.2 Å². The average Bonchev–Trinajstić information content (AvgIpc) is 2.28. The summed E-state index contributed by atoms with van der Waals surface area (Å²) in [4.78, 5) is 10.9. The Kier molecular flexibility index (Phi) is 1.47. The van der Waals surface area contributed by atoms with Gasteiger partial charge in [-0.15, -0.1) is 0 Å². The third kappa shape index (κ3) is 0.937. The summed E-state index contributed by atoms with van der Waals surface area (Å²) in [6.07, 6.45) is 0. The van der Waals surface area contributed by atoms with Crippen LogP contribution in [0.25, 0.3) is 0 Å². The predicted octanol–water partition coefficient (Wildman–Crippen LogP) is 0.437. The lowest BCUT2D eigenvalue weighted by Gasteiger charge is -2.14. The number of hydrogen-bond acceptors (Lipinski definition) is 3. The monoisotopic (exact) mass is 186 g/mol. The number of fused-ring (bicyclic) bond motifs is 1. The van der Waals surface area contributed by atoms with Crippen LogP contribution in [0.5, 0.6) is 0 Å². The van der Waals surface area contributed by atoms with E-state index in [1.54, 1.807) is 11.7 Å². The van der Waals surface area contributed by atoms with Crippen molar-refractivity contribution in [2.75, 3.05) is 17.2 Å². The molecular weight excluding hydrogens is 180 g/mol. The van der Waals surface area contributed by atoms with Gasteiger partial charge in [0, 0.05) is 7.05 Å². The second-order valence-corrected chi connectivity index (χ2v) is 2.90. The van der Waals surface area contributed by atoms with Gasteiger partial charge in [-0.2, -0.15) is 5.10 Å². The minimum atomic E-state index is -0.0996. The molecule has 1 aliphatic rings. The molecule has 2 rings (SSSR count). The molecule has 12 heavy (non-hydrogen) atoms. The Morgan fingerprint density at radius 3 is 3.17 bits per heavy atom. The summed E-state index contributed by atoms with van der Waals surface area (Å²) in [6, 6.07) is 0. The zero-order valence-corrected chi connectivity index (χ0v) is 7.14. The van der Waals surface area contributed by atoms with Gasteiger partial charge in [-0.3, -0.25) is 4.79 Å². The zero-order chi connectivity index (χ0) is 8.72. The third-order valence-electron chi connectivity index (χ3n) is 1.69. The van der Waals surface area contributed by atoms with Crippen LogP contribution in [0.3, 0.4) is 0 Å². The lowest BCUT2D eigenvalue weighted by Crippen LogP contribution is -2.27. The van der Waals surface area contributed by atoms with Gasteiger partial charge < -0.3 is 10.6 Å². The maximum atomic E-state index is 10.9. The van der Waals surface area contributed by atoms with Gasteiger partial charge in [0.25, 0.3) is 0 Å². The average molecular weight is 187 g/mol. The van der Waals surface area contributed by atoms with Crippen molar-refractivity contribution < 1.29 is 4.79 Å². The molecule has 0 fully saturated rings. The smallest absolute Gasteiger partial charge is 0.243 e. The van der Waals surface area contributed by atoms with Gasteiger partial charge >= 0.3 is 0 Å². The highest BCUT2D eigenvalue weighted by molar-refractivity contribution is 6.33. The van der Waals surface area contributed by atoms with Crippen molar-refractivity contribution in [3.8, 4) is 0 Å². The first-order valence-corrected chi connectivity index (χ1v) is 3.82. The van der Waals surface area contributed by atoms with Crippen molar-refractivity contribution in [2.24, 2.45) is 7.05 Å². The highest BCUT2D eigenvalue weighted by atomic mass is 35.5. The van der Waals surface area contributed by atoms with E-state index in [9.17, 15) is 4.79 Å². The second kappa shape index (κ2) is 2.38. The van der Waals surface area contributed by atoms with E-state index in [-0.39, 0.29) is 12.5 Å².